The van der Waals surface area contributed by atoms with E-state index in [1.165, 1.54) is 205 Å². The van der Waals surface area contributed by atoms with Crippen molar-refractivity contribution in [2.45, 2.75) is 381 Å². The van der Waals surface area contributed by atoms with Gasteiger partial charge in [-0.3, -0.25) is 4.79 Å². The van der Waals surface area contributed by atoms with E-state index in [-0.39, 0.29) is 18.9 Å². The minimum Gasteiger partial charge on any atom is -0.394 e. The van der Waals surface area contributed by atoms with Crippen molar-refractivity contribution in [2.24, 2.45) is 0 Å². The lowest BCUT2D eigenvalue weighted by Crippen LogP contribution is -2.66. The fraction of sp³-hybridized carbons (Fsp3) is 0.955. The molecule has 3 saturated heterocycles. The van der Waals surface area contributed by atoms with Gasteiger partial charge in [-0.1, -0.05) is 264 Å². The third-order valence-corrected chi connectivity index (χ3v) is 17.8. The summed E-state index contributed by atoms with van der Waals surface area (Å²) in [6.07, 6.45) is 27.5. The molecule has 17 unspecified atom stereocenters. The van der Waals surface area contributed by atoms with Crippen molar-refractivity contribution in [3.8, 4) is 0 Å². The van der Waals surface area contributed by atoms with Crippen molar-refractivity contribution in [1.82, 2.24) is 5.32 Å². The Hall–Kier alpha value is -1.47. The minimum atomic E-state index is -1.98. The van der Waals surface area contributed by atoms with Crippen LogP contribution < -0.4 is 5.32 Å². The lowest BCUT2D eigenvalue weighted by atomic mass is 9.96. The van der Waals surface area contributed by atoms with Gasteiger partial charge in [0, 0.05) is 6.42 Å². The second kappa shape index (κ2) is 50.1. The first kappa shape index (κ1) is 78.8. The fourth-order valence-electron chi connectivity index (χ4n) is 12.1. The van der Waals surface area contributed by atoms with Gasteiger partial charge in [-0.15, -0.1) is 0 Å². The van der Waals surface area contributed by atoms with E-state index in [1.54, 1.807) is 6.08 Å². The molecule has 86 heavy (non-hydrogen) atoms. The lowest BCUT2D eigenvalue weighted by Gasteiger charge is -2.48. The number of hydrogen-bond acceptors (Lipinski definition) is 18. The summed E-state index contributed by atoms with van der Waals surface area (Å²) in [7, 11) is 0. The molecule has 3 rings (SSSR count). The SMILES string of the molecule is CCCCCCCCCCCCCCCCCCC/C=C/C(O)C(COC1OC(CO)C(OC2OC(CO)C(OC3OC(CO)C(O)C(O)C3O)C(O)C2O)C(O)C1O)NC(=O)CCCCCCCCCCCCCCCCCCCCCCCC. The summed E-state index contributed by atoms with van der Waals surface area (Å²) >= 11 is 0. The Morgan fingerprint density at radius 3 is 1.09 bits per heavy atom. The number of hydrogen-bond donors (Lipinski definition) is 12. The molecule has 0 aromatic heterocycles. The van der Waals surface area contributed by atoms with E-state index < -0.39 is 124 Å². The van der Waals surface area contributed by atoms with Gasteiger partial charge in [0.15, 0.2) is 18.9 Å². The van der Waals surface area contributed by atoms with Crippen molar-refractivity contribution >= 4 is 5.91 Å². The molecular weight excluding hydrogens is 1110 g/mol. The first-order chi connectivity index (χ1) is 41.8. The van der Waals surface area contributed by atoms with Crippen LogP contribution in [0, 0.1) is 0 Å². The number of aliphatic hydroxyl groups is 11. The van der Waals surface area contributed by atoms with Crippen molar-refractivity contribution in [2.75, 3.05) is 26.4 Å². The first-order valence-electron chi connectivity index (χ1n) is 34.9. The van der Waals surface area contributed by atoms with Gasteiger partial charge in [0.2, 0.25) is 5.91 Å². The van der Waals surface area contributed by atoms with Gasteiger partial charge in [0.1, 0.15) is 73.2 Å². The average Bonchev–Trinajstić information content (AvgIpc) is 2.64. The van der Waals surface area contributed by atoms with Crippen molar-refractivity contribution in [1.29, 1.82) is 0 Å². The van der Waals surface area contributed by atoms with Crippen molar-refractivity contribution in [3.63, 3.8) is 0 Å². The number of amides is 1. The highest BCUT2D eigenvalue weighted by molar-refractivity contribution is 5.76. The zero-order chi connectivity index (χ0) is 62.6. The number of allylic oxidation sites excluding steroid dienone is 1. The molecule has 1 amide bonds. The van der Waals surface area contributed by atoms with E-state index in [9.17, 15) is 61.0 Å². The Balaban J connectivity index is 1.44. The van der Waals surface area contributed by atoms with Crippen LogP contribution in [-0.2, 0) is 33.2 Å². The topological polar surface area (TPSA) is 307 Å². The summed E-state index contributed by atoms with van der Waals surface area (Å²) in [5.41, 5.74) is 0. The maximum Gasteiger partial charge on any atom is 0.220 e. The summed E-state index contributed by atoms with van der Waals surface area (Å²) in [5.74, 6) is -0.269. The molecule has 0 spiro atoms. The van der Waals surface area contributed by atoms with Crippen LogP contribution in [0.25, 0.3) is 0 Å². The molecule has 508 valence electrons. The standard InChI is InChI=1S/C67H127NO18/c1-3-5-7-9-11-13-15-17-19-21-23-24-25-27-29-31-33-35-37-39-41-43-45-55(73)68-50(51(72)44-42-40-38-36-34-32-30-28-26-22-20-18-16-14-12-10-8-6-4-2)49-81-65-61(79)58(76)63(53(47-70)83-65)86-67-62(80)59(77)64(54(48-71)84-67)85-66-60(78)57(75)56(74)52(46-69)82-66/h42,44,50-54,56-67,69-72,74-80H,3-41,43,45-49H2,1-2H3,(H,68,73)/b44-42+. The second-order valence-corrected chi connectivity index (χ2v) is 25.4. The second-order valence-electron chi connectivity index (χ2n) is 25.4. The monoisotopic (exact) mass is 1230 g/mol. The first-order valence-corrected chi connectivity index (χ1v) is 34.9. The summed E-state index contributed by atoms with van der Waals surface area (Å²) in [6.45, 7) is 1.77. The molecule has 19 nitrogen and oxygen atoms in total. The Kier molecular flexibility index (Phi) is 45.9. The van der Waals surface area contributed by atoms with Gasteiger partial charge in [-0.2, -0.15) is 0 Å². The molecule has 3 aliphatic heterocycles. The average molecular weight is 1230 g/mol. The van der Waals surface area contributed by atoms with Gasteiger partial charge in [0.25, 0.3) is 0 Å². The number of aliphatic hydroxyl groups excluding tert-OH is 11. The van der Waals surface area contributed by atoms with Crippen LogP contribution >= 0.6 is 0 Å². The number of nitrogens with one attached hydrogen (secondary N) is 1. The zero-order valence-electron chi connectivity index (χ0n) is 53.6. The fourth-order valence-corrected chi connectivity index (χ4v) is 12.1. The van der Waals surface area contributed by atoms with E-state index in [0.717, 1.165) is 44.9 Å². The summed E-state index contributed by atoms with van der Waals surface area (Å²) in [6, 6.07) is -0.968. The lowest BCUT2D eigenvalue weighted by molar-refractivity contribution is -0.379. The molecule has 19 heteroatoms. The van der Waals surface area contributed by atoms with Gasteiger partial charge in [-0.05, 0) is 19.3 Å². The molecule has 12 N–H and O–H groups in total. The van der Waals surface area contributed by atoms with Crippen LogP contribution in [0.2, 0.25) is 0 Å². The highest BCUT2D eigenvalue weighted by atomic mass is 16.8. The number of carbonyl (C=O) groups is 1. The summed E-state index contributed by atoms with van der Waals surface area (Å²) in [4.78, 5) is 13.4. The maximum absolute atomic E-state index is 13.4. The molecule has 0 aliphatic carbocycles. The Bertz CT molecular complexity index is 1620. The molecule has 3 heterocycles. The molecule has 3 aliphatic rings. The van der Waals surface area contributed by atoms with E-state index >= 15 is 0 Å². The molecule has 17 atom stereocenters. The number of rotatable bonds is 54. The third-order valence-electron chi connectivity index (χ3n) is 17.8. The van der Waals surface area contributed by atoms with E-state index in [1.807, 2.05) is 6.08 Å². The molecule has 0 saturated carbocycles. The quantitative estimate of drug-likeness (QED) is 0.0200. The normalized spacial score (nSPS) is 28.8. The Labute approximate surface area is 518 Å². The van der Waals surface area contributed by atoms with E-state index in [4.69, 9.17) is 28.4 Å². The van der Waals surface area contributed by atoms with E-state index in [0.29, 0.717) is 6.42 Å². The largest absolute Gasteiger partial charge is 0.394 e. The van der Waals surface area contributed by atoms with Crippen LogP contribution in [0.1, 0.15) is 277 Å². The molecular formula is C67H127NO18. The predicted molar refractivity (Wildman–Crippen MR) is 333 cm³/mol. The number of ether oxygens (including phenoxy) is 6. The van der Waals surface area contributed by atoms with Gasteiger partial charge >= 0.3 is 0 Å². The minimum absolute atomic E-state index is 0.250. The van der Waals surface area contributed by atoms with Crippen LogP contribution in [0.4, 0.5) is 0 Å². The Morgan fingerprint density at radius 1 is 0.407 bits per heavy atom. The van der Waals surface area contributed by atoms with Crippen LogP contribution in [-0.4, -0.2) is 193 Å². The van der Waals surface area contributed by atoms with Gasteiger partial charge in [-0.25, -0.2) is 0 Å². The van der Waals surface area contributed by atoms with Crippen LogP contribution in [0.5, 0.6) is 0 Å². The molecule has 0 aromatic rings. The van der Waals surface area contributed by atoms with Crippen LogP contribution in [0.15, 0.2) is 12.2 Å². The summed E-state index contributed by atoms with van der Waals surface area (Å²) in [5, 5.41) is 121. The third kappa shape index (κ3) is 32.2. The number of unbranched alkanes of at least 4 members (excludes halogenated alkanes) is 38. The molecule has 0 bridgehead atoms. The van der Waals surface area contributed by atoms with Crippen LogP contribution in [0.3, 0.4) is 0 Å². The smallest absolute Gasteiger partial charge is 0.220 e. The molecule has 0 aromatic carbocycles. The van der Waals surface area contributed by atoms with Gasteiger partial charge in [0.05, 0.1) is 38.6 Å². The summed E-state index contributed by atoms with van der Waals surface area (Å²) < 4.78 is 34.4. The highest BCUT2D eigenvalue weighted by Gasteiger charge is 2.53. The molecule has 3 fully saturated rings. The van der Waals surface area contributed by atoms with Gasteiger partial charge < -0.3 is 89.9 Å². The van der Waals surface area contributed by atoms with Crippen molar-refractivity contribution in [3.05, 3.63) is 12.2 Å². The van der Waals surface area contributed by atoms with E-state index in [2.05, 4.69) is 19.2 Å². The maximum atomic E-state index is 13.4. The zero-order valence-corrected chi connectivity index (χ0v) is 53.6. The Morgan fingerprint density at radius 2 is 0.721 bits per heavy atom. The highest BCUT2D eigenvalue weighted by Crippen LogP contribution is 2.33. The predicted octanol–water partition coefficient (Wildman–Crippen LogP) is 8.89. The van der Waals surface area contributed by atoms with Crippen molar-refractivity contribution < 1.29 is 89.4 Å². The molecule has 0 radical (unpaired) electrons. The number of carbonyl (C=O) groups excluding carboxylic acids is 1.